The van der Waals surface area contributed by atoms with Crippen LogP contribution in [0.15, 0.2) is 42.5 Å². The third kappa shape index (κ3) is 3.17. The monoisotopic (exact) mass is 349 g/mol. The number of carbonyl (C=O) groups excluding carboxylic acids is 2. The van der Waals surface area contributed by atoms with Crippen LogP contribution in [0.25, 0.3) is 0 Å². The number of nitrogens with zero attached hydrogens (tertiary/aromatic N) is 2. The minimum atomic E-state index is -0.108. The van der Waals surface area contributed by atoms with Crippen molar-refractivity contribution in [3.63, 3.8) is 0 Å². The highest BCUT2D eigenvalue weighted by Crippen LogP contribution is 2.24. The number of benzene rings is 2. The minimum absolute atomic E-state index is 0.0819. The third-order valence-corrected chi connectivity index (χ3v) is 5.24. The lowest BCUT2D eigenvalue weighted by atomic mass is 10.1. The van der Waals surface area contributed by atoms with E-state index >= 15 is 0 Å². The Kier molecular flexibility index (Phi) is 4.37. The first kappa shape index (κ1) is 16.6. The molecule has 0 radical (unpaired) electrons. The molecular weight excluding hydrogens is 326 g/mol. The van der Waals surface area contributed by atoms with Crippen LogP contribution in [0.5, 0.6) is 0 Å². The zero-order valence-corrected chi connectivity index (χ0v) is 15.0. The maximum atomic E-state index is 12.6. The first-order valence-corrected chi connectivity index (χ1v) is 9.14. The molecular formula is C21H23N3O2. The van der Waals surface area contributed by atoms with Crippen molar-refractivity contribution in [2.45, 2.75) is 32.9 Å². The number of aryl methyl sites for hydroxylation is 1. The van der Waals surface area contributed by atoms with E-state index in [0.717, 1.165) is 37.2 Å². The van der Waals surface area contributed by atoms with Crippen molar-refractivity contribution in [2.75, 3.05) is 18.4 Å². The van der Waals surface area contributed by atoms with E-state index < -0.39 is 0 Å². The number of carbonyl (C=O) groups is 2. The van der Waals surface area contributed by atoms with E-state index in [4.69, 9.17) is 0 Å². The average Bonchev–Trinajstić information content (AvgIpc) is 3.32. The summed E-state index contributed by atoms with van der Waals surface area (Å²) in [5.41, 5.74) is 4.75. The summed E-state index contributed by atoms with van der Waals surface area (Å²) in [6, 6.07) is 13.5. The van der Waals surface area contributed by atoms with Gasteiger partial charge in [0, 0.05) is 37.4 Å². The Morgan fingerprint density at radius 1 is 0.923 bits per heavy atom. The van der Waals surface area contributed by atoms with Crippen LogP contribution in [-0.2, 0) is 13.1 Å². The van der Waals surface area contributed by atoms with Crippen molar-refractivity contribution in [1.82, 2.24) is 9.80 Å². The van der Waals surface area contributed by atoms with Crippen molar-refractivity contribution in [1.29, 1.82) is 0 Å². The number of hydrogen-bond donors (Lipinski definition) is 1. The van der Waals surface area contributed by atoms with Crippen LogP contribution < -0.4 is 5.32 Å². The molecule has 2 heterocycles. The average molecular weight is 349 g/mol. The van der Waals surface area contributed by atoms with Gasteiger partial charge in [-0.3, -0.25) is 4.79 Å². The minimum Gasteiger partial charge on any atom is -0.339 e. The molecule has 1 fully saturated rings. The lowest BCUT2D eigenvalue weighted by Gasteiger charge is -2.19. The number of anilines is 1. The molecule has 5 nitrogen and oxygen atoms in total. The Bertz CT molecular complexity index is 831. The summed E-state index contributed by atoms with van der Waals surface area (Å²) in [6.07, 6.45) is 2.16. The molecule has 1 N–H and O–H groups in total. The molecule has 0 unspecified atom stereocenters. The zero-order valence-electron chi connectivity index (χ0n) is 15.0. The van der Waals surface area contributed by atoms with Gasteiger partial charge in [-0.2, -0.15) is 0 Å². The van der Waals surface area contributed by atoms with Crippen molar-refractivity contribution >= 4 is 17.6 Å². The van der Waals surface area contributed by atoms with Crippen LogP contribution in [0, 0.1) is 6.92 Å². The number of amides is 3. The predicted octanol–water partition coefficient (Wildman–Crippen LogP) is 3.78. The summed E-state index contributed by atoms with van der Waals surface area (Å²) in [7, 11) is 0. The van der Waals surface area contributed by atoms with E-state index in [1.807, 2.05) is 42.2 Å². The molecule has 134 valence electrons. The molecule has 3 amide bonds. The largest absolute Gasteiger partial charge is 0.339 e. The highest BCUT2D eigenvalue weighted by Gasteiger charge is 2.24. The summed E-state index contributed by atoms with van der Waals surface area (Å²) < 4.78 is 0. The van der Waals surface area contributed by atoms with Gasteiger partial charge in [-0.25, -0.2) is 4.79 Å². The van der Waals surface area contributed by atoms with E-state index in [2.05, 4.69) is 17.4 Å². The lowest BCUT2D eigenvalue weighted by Crippen LogP contribution is -2.30. The first-order valence-electron chi connectivity index (χ1n) is 9.14. The number of likely N-dealkylation sites (tertiary alicyclic amines) is 1. The molecule has 1 saturated heterocycles. The molecule has 0 aromatic heterocycles. The number of nitrogens with one attached hydrogen (secondary N) is 1. The number of rotatable bonds is 2. The SMILES string of the molecule is Cc1cc(C(=O)N2CCCC2)ccc1NC(=O)N1Cc2ccccc2C1. The lowest BCUT2D eigenvalue weighted by molar-refractivity contribution is 0.0792. The molecule has 26 heavy (non-hydrogen) atoms. The van der Waals surface area contributed by atoms with Crippen molar-refractivity contribution in [3.8, 4) is 0 Å². The fraction of sp³-hybridized carbons (Fsp3) is 0.333. The second-order valence-electron chi connectivity index (χ2n) is 7.08. The molecule has 0 saturated carbocycles. The highest BCUT2D eigenvalue weighted by molar-refractivity contribution is 5.96. The van der Waals surface area contributed by atoms with Gasteiger partial charge in [0.1, 0.15) is 0 Å². The van der Waals surface area contributed by atoms with E-state index in [9.17, 15) is 9.59 Å². The summed E-state index contributed by atoms with van der Waals surface area (Å²) in [6.45, 7) is 4.87. The maximum absolute atomic E-state index is 12.6. The Morgan fingerprint density at radius 2 is 1.58 bits per heavy atom. The second kappa shape index (κ2) is 6.83. The molecule has 0 bridgehead atoms. The topological polar surface area (TPSA) is 52.7 Å². The van der Waals surface area contributed by atoms with E-state index in [-0.39, 0.29) is 11.9 Å². The summed E-state index contributed by atoms with van der Waals surface area (Å²) in [5.74, 6) is 0.0819. The van der Waals surface area contributed by atoms with Gasteiger partial charge in [-0.1, -0.05) is 24.3 Å². The third-order valence-electron chi connectivity index (χ3n) is 5.24. The van der Waals surface area contributed by atoms with Crippen LogP contribution in [0.3, 0.4) is 0 Å². The smallest absolute Gasteiger partial charge is 0.322 e. The Hall–Kier alpha value is -2.82. The summed E-state index contributed by atoms with van der Waals surface area (Å²) in [4.78, 5) is 28.8. The fourth-order valence-electron chi connectivity index (χ4n) is 3.71. The number of urea groups is 1. The summed E-state index contributed by atoms with van der Waals surface area (Å²) >= 11 is 0. The van der Waals surface area contributed by atoms with Crippen molar-refractivity contribution < 1.29 is 9.59 Å². The Labute approximate surface area is 153 Å². The predicted molar refractivity (Wildman–Crippen MR) is 101 cm³/mol. The van der Waals surface area contributed by atoms with Crippen LogP contribution in [0.1, 0.15) is 39.9 Å². The standard InChI is InChI=1S/C21H23N3O2/c1-15-12-16(20(25)23-10-4-5-11-23)8-9-19(15)22-21(26)24-13-17-6-2-3-7-18(17)14-24/h2-3,6-9,12H,4-5,10-11,13-14H2,1H3,(H,22,26). The molecule has 2 aliphatic rings. The van der Waals surface area contributed by atoms with E-state index in [0.29, 0.717) is 18.7 Å². The van der Waals surface area contributed by atoms with Gasteiger partial charge in [0.2, 0.25) is 0 Å². The fourth-order valence-corrected chi connectivity index (χ4v) is 3.71. The number of hydrogen-bond acceptors (Lipinski definition) is 2. The normalized spacial score (nSPS) is 15.9. The molecule has 0 aliphatic carbocycles. The van der Waals surface area contributed by atoms with Crippen molar-refractivity contribution in [2.24, 2.45) is 0 Å². The van der Waals surface area contributed by atoms with Gasteiger partial charge >= 0.3 is 6.03 Å². The number of fused-ring (bicyclic) bond motifs is 1. The van der Waals surface area contributed by atoms with Gasteiger partial charge in [-0.15, -0.1) is 0 Å². The molecule has 2 aromatic carbocycles. The molecule has 2 aromatic rings. The van der Waals surface area contributed by atoms with Crippen LogP contribution in [0.4, 0.5) is 10.5 Å². The molecule has 5 heteroatoms. The highest BCUT2D eigenvalue weighted by atomic mass is 16.2. The van der Waals surface area contributed by atoms with Gasteiger partial charge in [0.15, 0.2) is 0 Å². The quantitative estimate of drug-likeness (QED) is 0.897. The van der Waals surface area contributed by atoms with Crippen LogP contribution >= 0.6 is 0 Å². The Balaban J connectivity index is 1.44. The second-order valence-corrected chi connectivity index (χ2v) is 7.08. The van der Waals surface area contributed by atoms with Crippen LogP contribution in [-0.4, -0.2) is 34.8 Å². The summed E-state index contributed by atoms with van der Waals surface area (Å²) in [5, 5.41) is 2.98. The molecule has 0 spiro atoms. The maximum Gasteiger partial charge on any atom is 0.322 e. The van der Waals surface area contributed by atoms with Gasteiger partial charge < -0.3 is 15.1 Å². The van der Waals surface area contributed by atoms with E-state index in [1.54, 1.807) is 4.90 Å². The van der Waals surface area contributed by atoms with Gasteiger partial charge in [0.25, 0.3) is 5.91 Å². The van der Waals surface area contributed by atoms with Gasteiger partial charge in [0.05, 0.1) is 0 Å². The van der Waals surface area contributed by atoms with Crippen molar-refractivity contribution in [3.05, 3.63) is 64.7 Å². The Morgan fingerprint density at radius 3 is 2.19 bits per heavy atom. The van der Waals surface area contributed by atoms with Gasteiger partial charge in [-0.05, 0) is 54.7 Å². The first-order chi connectivity index (χ1) is 12.6. The molecule has 4 rings (SSSR count). The zero-order chi connectivity index (χ0) is 18.1. The molecule has 2 aliphatic heterocycles. The van der Waals surface area contributed by atoms with E-state index in [1.165, 1.54) is 11.1 Å². The molecule has 0 atom stereocenters. The van der Waals surface area contributed by atoms with Crippen LogP contribution in [0.2, 0.25) is 0 Å².